The number of hydrogen-bond donors (Lipinski definition) is 1. The number of aromatic nitrogens is 4. The molecule has 1 fully saturated rings. The van der Waals surface area contributed by atoms with Crippen molar-refractivity contribution in [2.75, 3.05) is 11.5 Å². The van der Waals surface area contributed by atoms with E-state index in [1.807, 2.05) is 20.8 Å². The molecule has 1 amide bonds. The largest absolute Gasteiger partial charge is 0.493 e. The van der Waals surface area contributed by atoms with Gasteiger partial charge in [0.25, 0.3) is 5.56 Å². The Morgan fingerprint density at radius 1 is 1.14 bits per heavy atom. The molecule has 1 aliphatic heterocycles. The third-order valence-electron chi connectivity index (χ3n) is 7.57. The van der Waals surface area contributed by atoms with E-state index in [0.717, 1.165) is 18.6 Å². The second-order valence-corrected chi connectivity index (χ2v) is 10.5. The van der Waals surface area contributed by atoms with Crippen LogP contribution in [0.5, 0.6) is 11.5 Å². The van der Waals surface area contributed by atoms with E-state index in [1.54, 1.807) is 31.3 Å². The molecule has 44 heavy (non-hydrogen) atoms. The number of anilines is 1. The molecule has 1 aliphatic rings. The highest BCUT2D eigenvalue weighted by Gasteiger charge is 2.42. The molecule has 0 spiro atoms. The monoisotopic (exact) mass is 608 g/mol. The zero-order chi connectivity index (χ0) is 31.8. The number of rotatable bonds is 9. The van der Waals surface area contributed by atoms with Crippen molar-refractivity contribution in [3.05, 3.63) is 63.6 Å². The summed E-state index contributed by atoms with van der Waals surface area (Å²) in [7, 11) is 1.69. The molecule has 10 nitrogen and oxygen atoms in total. The smallest absolute Gasteiger partial charge is 0.417 e. The number of benzene rings is 2. The van der Waals surface area contributed by atoms with Gasteiger partial charge in [-0.25, -0.2) is 4.98 Å². The van der Waals surface area contributed by atoms with Crippen molar-refractivity contribution in [1.29, 1.82) is 5.26 Å². The first-order chi connectivity index (χ1) is 21.0. The van der Waals surface area contributed by atoms with Gasteiger partial charge in [0.05, 0.1) is 47.5 Å². The number of alkyl halides is 3. The van der Waals surface area contributed by atoms with E-state index in [1.165, 1.54) is 15.6 Å². The number of aromatic amines is 1. The van der Waals surface area contributed by atoms with Crippen LogP contribution in [-0.2, 0) is 24.4 Å². The number of hydrogen-bond acceptors (Lipinski definition) is 7. The summed E-state index contributed by atoms with van der Waals surface area (Å²) in [6.07, 6.45) is -3.66. The van der Waals surface area contributed by atoms with Crippen molar-refractivity contribution in [1.82, 2.24) is 19.7 Å². The molecule has 13 heteroatoms. The van der Waals surface area contributed by atoms with E-state index in [9.17, 15) is 28.0 Å². The summed E-state index contributed by atoms with van der Waals surface area (Å²) in [5, 5.41) is 13.6. The lowest BCUT2D eigenvalue weighted by atomic mass is 10.0. The zero-order valence-electron chi connectivity index (χ0n) is 24.7. The van der Waals surface area contributed by atoms with Gasteiger partial charge in [0.2, 0.25) is 5.91 Å². The van der Waals surface area contributed by atoms with Crippen LogP contribution in [0.3, 0.4) is 0 Å². The van der Waals surface area contributed by atoms with E-state index < -0.39 is 35.4 Å². The molecule has 2 unspecified atom stereocenters. The lowest BCUT2D eigenvalue weighted by Crippen LogP contribution is -2.38. The van der Waals surface area contributed by atoms with Gasteiger partial charge in [0.1, 0.15) is 28.9 Å². The quantitative estimate of drug-likeness (QED) is 0.265. The van der Waals surface area contributed by atoms with Crippen LogP contribution < -0.4 is 19.9 Å². The van der Waals surface area contributed by atoms with Crippen LogP contribution in [0.25, 0.3) is 22.4 Å². The first-order valence-corrected chi connectivity index (χ1v) is 14.3. The number of H-pyrrole nitrogens is 1. The number of nitriles is 1. The van der Waals surface area contributed by atoms with Crippen LogP contribution in [0.2, 0.25) is 0 Å². The highest BCUT2D eigenvalue weighted by atomic mass is 19.4. The Hall–Kier alpha value is -4.86. The minimum Gasteiger partial charge on any atom is -0.493 e. The Labute approximate surface area is 251 Å². The molecular weight excluding hydrogens is 577 g/mol. The average molecular weight is 609 g/mol. The highest BCUT2D eigenvalue weighted by molar-refractivity contribution is 5.97. The summed E-state index contributed by atoms with van der Waals surface area (Å²) >= 11 is 0. The topological polar surface area (TPSA) is 126 Å². The number of nitrogens with one attached hydrogen (secondary N) is 1. The van der Waals surface area contributed by atoms with E-state index in [0.29, 0.717) is 53.2 Å². The summed E-state index contributed by atoms with van der Waals surface area (Å²) in [4.78, 5) is 35.1. The third kappa shape index (κ3) is 5.59. The van der Waals surface area contributed by atoms with Gasteiger partial charge in [-0.1, -0.05) is 20.3 Å². The number of aryl methyl sites for hydroxylation is 2. The molecule has 0 aliphatic carbocycles. The maximum absolute atomic E-state index is 13.7. The normalized spacial score (nSPS) is 16.9. The van der Waals surface area contributed by atoms with E-state index in [2.05, 4.69) is 10.1 Å². The molecule has 2 atom stereocenters. The first kappa shape index (κ1) is 30.6. The summed E-state index contributed by atoms with van der Waals surface area (Å²) in [5.74, 6) is 0.675. The number of fused-ring (bicyclic) bond motifs is 1. The summed E-state index contributed by atoms with van der Waals surface area (Å²) in [6.45, 7) is 6.00. The lowest BCUT2D eigenvalue weighted by Gasteiger charge is -2.28. The fourth-order valence-corrected chi connectivity index (χ4v) is 5.68. The van der Waals surface area contributed by atoms with Crippen molar-refractivity contribution in [3.63, 3.8) is 0 Å². The Kier molecular flexibility index (Phi) is 8.36. The number of carbonyl (C=O) groups excluding carboxylic acids is 1. The summed E-state index contributed by atoms with van der Waals surface area (Å²) in [5.41, 5.74) is 0.0738. The molecule has 230 valence electrons. The zero-order valence-corrected chi connectivity index (χ0v) is 24.7. The predicted octanol–water partition coefficient (Wildman–Crippen LogP) is 5.53. The standard InChI is InChI=1S/C31H31F3N6O4/c1-5-8-22-27-28(39(4)38-22)30(42)37-29(36-27)20-14-19(11-12-24(20)43-7-3)44-25-15-26(41)40(23(25)6-2)18-10-9-17(16-35)21(13-18)31(32,33)34/h9-14,23,25H,5-8,15H2,1-4H3,(H,36,37,42). The van der Waals surface area contributed by atoms with Gasteiger partial charge < -0.3 is 19.4 Å². The van der Waals surface area contributed by atoms with Crippen molar-refractivity contribution < 1.29 is 27.4 Å². The van der Waals surface area contributed by atoms with Crippen LogP contribution >= 0.6 is 0 Å². The number of ether oxygens (including phenoxy) is 2. The molecule has 2 aromatic carbocycles. The highest BCUT2D eigenvalue weighted by Crippen LogP contribution is 2.39. The second kappa shape index (κ2) is 12.0. The Morgan fingerprint density at radius 3 is 2.57 bits per heavy atom. The van der Waals surface area contributed by atoms with Crippen LogP contribution in [0.15, 0.2) is 41.2 Å². The van der Waals surface area contributed by atoms with Crippen LogP contribution in [0.1, 0.15) is 56.9 Å². The van der Waals surface area contributed by atoms with Crippen molar-refractivity contribution in [2.24, 2.45) is 7.05 Å². The fourth-order valence-electron chi connectivity index (χ4n) is 5.68. The molecule has 0 radical (unpaired) electrons. The maximum Gasteiger partial charge on any atom is 0.417 e. The fraction of sp³-hybridized carbons (Fsp3) is 0.387. The molecule has 0 saturated carbocycles. The minimum atomic E-state index is -4.76. The predicted molar refractivity (Wildman–Crippen MR) is 156 cm³/mol. The van der Waals surface area contributed by atoms with E-state index in [4.69, 9.17) is 14.5 Å². The van der Waals surface area contributed by atoms with Crippen LogP contribution in [0, 0.1) is 11.3 Å². The van der Waals surface area contributed by atoms with Crippen molar-refractivity contribution in [2.45, 2.75) is 64.8 Å². The number of carbonyl (C=O) groups is 1. The Balaban J connectivity index is 1.51. The van der Waals surface area contributed by atoms with Gasteiger partial charge in [-0.2, -0.15) is 23.5 Å². The van der Waals surface area contributed by atoms with Crippen molar-refractivity contribution in [3.8, 4) is 29.0 Å². The van der Waals surface area contributed by atoms with Gasteiger partial charge >= 0.3 is 6.18 Å². The summed E-state index contributed by atoms with van der Waals surface area (Å²) < 4.78 is 54.6. The average Bonchev–Trinajstić information content (AvgIpc) is 3.48. The number of nitrogens with zero attached hydrogens (tertiary/aromatic N) is 5. The molecule has 1 saturated heterocycles. The van der Waals surface area contributed by atoms with Gasteiger partial charge in [0, 0.05) is 12.7 Å². The maximum atomic E-state index is 13.7. The van der Waals surface area contributed by atoms with Crippen LogP contribution in [-0.4, -0.2) is 44.4 Å². The van der Waals surface area contributed by atoms with E-state index >= 15 is 0 Å². The molecule has 2 aromatic heterocycles. The summed E-state index contributed by atoms with van der Waals surface area (Å²) in [6, 6.07) is 9.25. The van der Waals surface area contributed by atoms with Gasteiger partial charge in [-0.3, -0.25) is 14.3 Å². The molecule has 0 bridgehead atoms. The van der Waals surface area contributed by atoms with Crippen LogP contribution in [0.4, 0.5) is 18.9 Å². The Morgan fingerprint density at radius 2 is 1.91 bits per heavy atom. The first-order valence-electron chi connectivity index (χ1n) is 14.3. The van der Waals surface area contributed by atoms with Gasteiger partial charge in [-0.15, -0.1) is 0 Å². The van der Waals surface area contributed by atoms with Gasteiger partial charge in [0.15, 0.2) is 5.52 Å². The third-order valence-corrected chi connectivity index (χ3v) is 7.57. The van der Waals surface area contributed by atoms with E-state index in [-0.39, 0.29) is 23.5 Å². The Bertz CT molecular complexity index is 1820. The van der Waals surface area contributed by atoms with Gasteiger partial charge in [-0.05, 0) is 56.2 Å². The SMILES string of the molecule is CCCc1nn(C)c2c(=O)[nH]c(-c3cc(OC4CC(=O)N(c5ccc(C#N)c(C(F)(F)F)c5)C4CC)ccc3OCC)nc12. The second-order valence-electron chi connectivity index (χ2n) is 10.5. The number of amides is 1. The minimum absolute atomic E-state index is 0.0427. The lowest BCUT2D eigenvalue weighted by molar-refractivity contribution is -0.137. The molecule has 5 rings (SSSR count). The molecular formula is C31H31F3N6O4. The van der Waals surface area contributed by atoms with Crippen molar-refractivity contribution >= 4 is 22.6 Å². The molecule has 1 N–H and O–H groups in total. The molecule has 3 heterocycles. The number of halogens is 3. The molecule has 4 aromatic rings.